The number of nitrogens with zero attached hydrogens (tertiary/aromatic N) is 2. The minimum atomic E-state index is -4.45. The van der Waals surface area contributed by atoms with Gasteiger partial charge in [-0.1, -0.05) is 19.9 Å². The van der Waals surface area contributed by atoms with Gasteiger partial charge in [-0.05, 0) is 24.6 Å². The summed E-state index contributed by atoms with van der Waals surface area (Å²) < 4.78 is 41.2. The van der Waals surface area contributed by atoms with Crippen LogP contribution in [0.5, 0.6) is 5.88 Å². The average Bonchev–Trinajstić information content (AvgIpc) is 2.64. The van der Waals surface area contributed by atoms with E-state index in [1.54, 1.807) is 19.9 Å². The van der Waals surface area contributed by atoms with E-state index in [1.165, 1.54) is 30.5 Å². The zero-order valence-corrected chi connectivity index (χ0v) is 15.4. The first-order valence-corrected chi connectivity index (χ1v) is 8.59. The molecule has 0 bridgehead atoms. The highest BCUT2D eigenvalue weighted by molar-refractivity contribution is 5.98. The van der Waals surface area contributed by atoms with Crippen LogP contribution in [0.25, 0.3) is 0 Å². The Balaban J connectivity index is 1.96. The van der Waals surface area contributed by atoms with Gasteiger partial charge in [-0.2, -0.15) is 13.2 Å². The summed E-state index contributed by atoms with van der Waals surface area (Å²) in [4.78, 5) is 32.1. The van der Waals surface area contributed by atoms with Crippen molar-refractivity contribution in [2.24, 2.45) is 5.92 Å². The third-order valence-electron chi connectivity index (χ3n) is 3.63. The van der Waals surface area contributed by atoms with Crippen LogP contribution in [-0.2, 0) is 11.2 Å². The summed E-state index contributed by atoms with van der Waals surface area (Å²) in [5.41, 5.74) is 0.814. The van der Waals surface area contributed by atoms with Crippen molar-refractivity contribution in [3.63, 3.8) is 0 Å². The maximum Gasteiger partial charge on any atom is 0.422 e. The molecule has 0 aromatic carbocycles. The molecule has 0 aliphatic carbocycles. The molecular formula is C19H20F3N3O3. The Morgan fingerprint density at radius 2 is 1.96 bits per heavy atom. The zero-order chi connectivity index (χ0) is 20.7. The van der Waals surface area contributed by atoms with Gasteiger partial charge >= 0.3 is 6.18 Å². The van der Waals surface area contributed by atoms with Gasteiger partial charge < -0.3 is 10.1 Å². The third-order valence-corrected chi connectivity index (χ3v) is 3.63. The Kier molecular flexibility index (Phi) is 7.08. The van der Waals surface area contributed by atoms with Crippen LogP contribution in [0.2, 0.25) is 0 Å². The van der Waals surface area contributed by atoms with Crippen LogP contribution >= 0.6 is 0 Å². The summed E-state index contributed by atoms with van der Waals surface area (Å²) in [5, 5.41) is 2.62. The molecule has 0 saturated carbocycles. The fourth-order valence-corrected chi connectivity index (χ4v) is 2.16. The first-order valence-electron chi connectivity index (χ1n) is 8.59. The summed E-state index contributed by atoms with van der Waals surface area (Å²) in [6.07, 6.45) is -2.69. The molecule has 2 aromatic rings. The third kappa shape index (κ3) is 6.98. The molecule has 6 nitrogen and oxygen atoms in total. The Bertz CT molecular complexity index is 838. The number of alkyl halides is 3. The number of pyridine rings is 2. The monoisotopic (exact) mass is 395 g/mol. The second kappa shape index (κ2) is 9.29. The van der Waals surface area contributed by atoms with Gasteiger partial charge in [-0.15, -0.1) is 0 Å². The van der Waals surface area contributed by atoms with Crippen molar-refractivity contribution in [3.8, 4) is 5.88 Å². The molecule has 1 amide bonds. The number of rotatable bonds is 8. The average molecular weight is 395 g/mol. The lowest BCUT2D eigenvalue weighted by atomic mass is 10.1. The summed E-state index contributed by atoms with van der Waals surface area (Å²) in [7, 11) is 0. The van der Waals surface area contributed by atoms with E-state index in [0.29, 0.717) is 11.3 Å². The number of hydrogen-bond donors (Lipinski definition) is 1. The number of amides is 1. The Morgan fingerprint density at radius 1 is 1.21 bits per heavy atom. The van der Waals surface area contributed by atoms with E-state index in [0.717, 1.165) is 0 Å². The van der Waals surface area contributed by atoms with Gasteiger partial charge in [0, 0.05) is 35.9 Å². The van der Waals surface area contributed by atoms with E-state index in [4.69, 9.17) is 0 Å². The lowest BCUT2D eigenvalue weighted by Gasteiger charge is -2.09. The normalized spacial score (nSPS) is 11.4. The lowest BCUT2D eigenvalue weighted by molar-refractivity contribution is -0.154. The second-order valence-corrected chi connectivity index (χ2v) is 6.37. The number of aryl methyl sites for hydroxylation is 1. The van der Waals surface area contributed by atoms with E-state index in [-0.39, 0.29) is 42.1 Å². The number of halogens is 3. The molecule has 0 atom stereocenters. The summed E-state index contributed by atoms with van der Waals surface area (Å²) in [6, 6.07) is 7.46. The molecule has 0 aliphatic heterocycles. The van der Waals surface area contributed by atoms with Crippen molar-refractivity contribution in [1.82, 2.24) is 9.97 Å². The standard InChI is InChI=1S/C19H20F3N3O3/c1-12(2)18(27)25-16-10-13(8-9-23-16)15(26)7-6-14-4-3-5-17(24-14)28-11-19(20,21)22/h3-5,8-10,12H,6-7,11H2,1-2H3,(H,23,25,27). The minimum Gasteiger partial charge on any atom is -0.468 e. The lowest BCUT2D eigenvalue weighted by Crippen LogP contribution is -2.19. The molecule has 1 N–H and O–H groups in total. The van der Waals surface area contributed by atoms with Crippen LogP contribution < -0.4 is 10.1 Å². The number of aromatic nitrogens is 2. The Morgan fingerprint density at radius 3 is 2.64 bits per heavy atom. The van der Waals surface area contributed by atoms with Crippen LogP contribution in [0.4, 0.5) is 19.0 Å². The predicted molar refractivity (Wildman–Crippen MR) is 96.1 cm³/mol. The van der Waals surface area contributed by atoms with Crippen molar-refractivity contribution < 1.29 is 27.5 Å². The predicted octanol–water partition coefficient (Wildman–Crippen LogP) is 3.83. The van der Waals surface area contributed by atoms with E-state index in [1.807, 2.05) is 0 Å². The van der Waals surface area contributed by atoms with Crippen molar-refractivity contribution in [1.29, 1.82) is 0 Å². The molecule has 28 heavy (non-hydrogen) atoms. The van der Waals surface area contributed by atoms with Gasteiger partial charge in [-0.3, -0.25) is 9.59 Å². The topological polar surface area (TPSA) is 81.2 Å². The number of nitrogens with one attached hydrogen (secondary N) is 1. The van der Waals surface area contributed by atoms with E-state index in [9.17, 15) is 22.8 Å². The molecule has 0 spiro atoms. The molecule has 9 heteroatoms. The molecule has 0 saturated heterocycles. The number of carbonyl (C=O) groups excluding carboxylic acids is 2. The molecule has 150 valence electrons. The highest BCUT2D eigenvalue weighted by atomic mass is 19.4. The van der Waals surface area contributed by atoms with Gasteiger partial charge in [0.25, 0.3) is 0 Å². The quantitative estimate of drug-likeness (QED) is 0.687. The number of ketones is 1. The van der Waals surface area contributed by atoms with Crippen molar-refractivity contribution in [2.75, 3.05) is 11.9 Å². The minimum absolute atomic E-state index is 0.0945. The summed E-state index contributed by atoms with van der Waals surface area (Å²) in [5.74, 6) is -0.503. The number of anilines is 1. The molecule has 0 unspecified atom stereocenters. The van der Waals surface area contributed by atoms with Crippen LogP contribution in [0.1, 0.15) is 36.3 Å². The van der Waals surface area contributed by atoms with Gasteiger partial charge in [0.05, 0.1) is 0 Å². The molecule has 2 heterocycles. The van der Waals surface area contributed by atoms with Crippen LogP contribution in [0.3, 0.4) is 0 Å². The van der Waals surface area contributed by atoms with Crippen molar-refractivity contribution in [2.45, 2.75) is 32.9 Å². The van der Waals surface area contributed by atoms with Gasteiger partial charge in [-0.25, -0.2) is 9.97 Å². The maximum atomic E-state index is 12.4. The molecule has 0 aliphatic rings. The highest BCUT2D eigenvalue weighted by Gasteiger charge is 2.28. The zero-order valence-electron chi connectivity index (χ0n) is 15.4. The molecule has 2 rings (SSSR count). The number of ether oxygens (including phenoxy) is 1. The first kappa shape index (κ1) is 21.3. The summed E-state index contributed by atoms with van der Waals surface area (Å²) in [6.45, 7) is 2.05. The largest absolute Gasteiger partial charge is 0.468 e. The van der Waals surface area contributed by atoms with Gasteiger partial charge in [0.1, 0.15) is 5.82 Å². The van der Waals surface area contributed by atoms with E-state index >= 15 is 0 Å². The fraction of sp³-hybridized carbons (Fsp3) is 0.368. The van der Waals surface area contributed by atoms with Crippen molar-refractivity contribution in [3.05, 3.63) is 47.8 Å². The van der Waals surface area contributed by atoms with Crippen molar-refractivity contribution >= 4 is 17.5 Å². The summed E-state index contributed by atoms with van der Waals surface area (Å²) >= 11 is 0. The number of hydrogen-bond acceptors (Lipinski definition) is 5. The van der Waals surface area contributed by atoms with E-state index < -0.39 is 12.8 Å². The highest BCUT2D eigenvalue weighted by Crippen LogP contribution is 2.18. The first-order chi connectivity index (χ1) is 13.1. The van der Waals surface area contributed by atoms with Crippen LogP contribution in [-0.4, -0.2) is 34.4 Å². The van der Waals surface area contributed by atoms with Crippen LogP contribution in [0.15, 0.2) is 36.5 Å². The number of carbonyl (C=O) groups is 2. The second-order valence-electron chi connectivity index (χ2n) is 6.37. The maximum absolute atomic E-state index is 12.4. The molecular weight excluding hydrogens is 375 g/mol. The Labute approximate surface area is 160 Å². The van der Waals surface area contributed by atoms with E-state index in [2.05, 4.69) is 20.0 Å². The molecule has 0 radical (unpaired) electrons. The smallest absolute Gasteiger partial charge is 0.422 e. The molecule has 0 fully saturated rings. The fourth-order valence-electron chi connectivity index (χ4n) is 2.16. The number of Topliss-reactive ketones (excluding diaryl/α,β-unsaturated/α-hetero) is 1. The van der Waals surface area contributed by atoms with Gasteiger partial charge in [0.2, 0.25) is 11.8 Å². The van der Waals surface area contributed by atoms with Crippen LogP contribution in [0, 0.1) is 5.92 Å². The SMILES string of the molecule is CC(C)C(=O)Nc1cc(C(=O)CCc2cccc(OCC(F)(F)F)n2)ccn1. The van der Waals surface area contributed by atoms with Gasteiger partial charge in [0.15, 0.2) is 12.4 Å². The molecule has 2 aromatic heterocycles. The Hall–Kier alpha value is -2.97.